The van der Waals surface area contributed by atoms with Crippen LogP contribution in [-0.4, -0.2) is 38.5 Å². The van der Waals surface area contributed by atoms with Crippen LogP contribution >= 0.6 is 0 Å². The van der Waals surface area contributed by atoms with Crippen LogP contribution in [0.25, 0.3) is 0 Å². The van der Waals surface area contributed by atoms with Gasteiger partial charge in [0.15, 0.2) is 0 Å². The Morgan fingerprint density at radius 3 is 2.50 bits per heavy atom. The molecule has 0 unspecified atom stereocenters. The van der Waals surface area contributed by atoms with E-state index in [2.05, 4.69) is 0 Å². The lowest BCUT2D eigenvalue weighted by Gasteiger charge is -2.36. The zero-order valence-corrected chi connectivity index (χ0v) is 12.8. The van der Waals surface area contributed by atoms with Gasteiger partial charge in [0.2, 0.25) is 10.0 Å². The van der Waals surface area contributed by atoms with Gasteiger partial charge in [-0.2, -0.15) is 4.31 Å². The average molecular weight is 298 g/mol. The predicted molar refractivity (Wildman–Crippen MR) is 78.2 cm³/mol. The Kier molecular flexibility index (Phi) is 4.67. The van der Waals surface area contributed by atoms with E-state index >= 15 is 0 Å². The highest BCUT2D eigenvalue weighted by Crippen LogP contribution is 2.27. The molecular formula is C14H22N2O3S. The molecule has 0 aromatic heterocycles. The largest absolute Gasteiger partial charge is 0.497 e. The minimum atomic E-state index is -3.48. The molecule has 2 N–H and O–H groups in total. The highest BCUT2D eigenvalue weighted by atomic mass is 32.2. The quantitative estimate of drug-likeness (QED) is 0.916. The third-order valence-corrected chi connectivity index (χ3v) is 5.71. The second-order valence-corrected chi connectivity index (χ2v) is 7.10. The maximum Gasteiger partial charge on any atom is 0.243 e. The summed E-state index contributed by atoms with van der Waals surface area (Å²) in [7, 11) is -1.93. The lowest BCUT2D eigenvalue weighted by Crippen LogP contribution is -2.51. The lowest BCUT2D eigenvalue weighted by atomic mass is 10.00. The van der Waals surface area contributed by atoms with Gasteiger partial charge in [0.05, 0.1) is 12.0 Å². The normalized spacial score (nSPS) is 22.4. The van der Waals surface area contributed by atoms with E-state index in [0.717, 1.165) is 19.3 Å². The zero-order valence-electron chi connectivity index (χ0n) is 12.0. The van der Waals surface area contributed by atoms with Gasteiger partial charge in [-0.3, -0.25) is 0 Å². The van der Waals surface area contributed by atoms with Crippen LogP contribution in [0.1, 0.15) is 26.2 Å². The molecule has 112 valence electrons. The Morgan fingerprint density at radius 1 is 1.30 bits per heavy atom. The molecular weight excluding hydrogens is 276 g/mol. The summed E-state index contributed by atoms with van der Waals surface area (Å²) in [6, 6.07) is 6.22. The number of nitrogens with two attached hydrogens (primary N) is 1. The van der Waals surface area contributed by atoms with E-state index in [1.165, 1.54) is 0 Å². The second-order valence-electron chi connectivity index (χ2n) is 5.21. The SMILES string of the molecule is COc1ccc(S(=O)(=O)N2CCCC[C@H]2[C@@H](C)N)cc1. The van der Waals surface area contributed by atoms with E-state index in [9.17, 15) is 8.42 Å². The van der Waals surface area contributed by atoms with Crippen LogP contribution in [0.5, 0.6) is 5.75 Å². The molecule has 1 heterocycles. The number of hydrogen-bond acceptors (Lipinski definition) is 4. The Morgan fingerprint density at radius 2 is 1.95 bits per heavy atom. The first-order chi connectivity index (χ1) is 9.46. The summed E-state index contributed by atoms with van der Waals surface area (Å²) in [4.78, 5) is 0.297. The van der Waals surface area contributed by atoms with Gasteiger partial charge in [-0.15, -0.1) is 0 Å². The van der Waals surface area contributed by atoms with Crippen molar-refractivity contribution in [2.24, 2.45) is 5.73 Å². The summed E-state index contributed by atoms with van der Waals surface area (Å²) in [6.45, 7) is 2.41. The molecule has 5 nitrogen and oxygen atoms in total. The first-order valence-corrected chi connectivity index (χ1v) is 8.32. The van der Waals surface area contributed by atoms with Gasteiger partial charge in [0.1, 0.15) is 5.75 Å². The van der Waals surface area contributed by atoms with Crippen molar-refractivity contribution in [1.29, 1.82) is 0 Å². The molecule has 0 bridgehead atoms. The highest BCUT2D eigenvalue weighted by Gasteiger charge is 2.35. The van der Waals surface area contributed by atoms with E-state index in [-0.39, 0.29) is 12.1 Å². The number of methoxy groups -OCH3 is 1. The Balaban J connectivity index is 2.31. The maximum atomic E-state index is 12.7. The minimum absolute atomic E-state index is 0.115. The molecule has 1 aliphatic rings. The van der Waals surface area contributed by atoms with Crippen molar-refractivity contribution in [3.8, 4) is 5.75 Å². The van der Waals surface area contributed by atoms with Crippen LogP contribution in [0.2, 0.25) is 0 Å². The monoisotopic (exact) mass is 298 g/mol. The van der Waals surface area contributed by atoms with Gasteiger partial charge < -0.3 is 10.5 Å². The summed E-state index contributed by atoms with van der Waals surface area (Å²) in [6.07, 6.45) is 2.74. The lowest BCUT2D eigenvalue weighted by molar-refractivity contribution is 0.227. The van der Waals surface area contributed by atoms with E-state index in [4.69, 9.17) is 10.5 Å². The fraction of sp³-hybridized carbons (Fsp3) is 0.571. The molecule has 0 saturated carbocycles. The molecule has 1 fully saturated rings. The molecule has 1 aromatic rings. The van der Waals surface area contributed by atoms with Crippen molar-refractivity contribution in [2.45, 2.75) is 43.2 Å². The third-order valence-electron chi connectivity index (χ3n) is 3.77. The summed E-state index contributed by atoms with van der Waals surface area (Å²) >= 11 is 0. The van der Waals surface area contributed by atoms with E-state index in [1.54, 1.807) is 35.7 Å². The summed E-state index contributed by atoms with van der Waals surface area (Å²) in [5.41, 5.74) is 5.95. The van der Waals surface area contributed by atoms with Gasteiger partial charge in [-0.25, -0.2) is 8.42 Å². The molecule has 20 heavy (non-hydrogen) atoms. The van der Waals surface area contributed by atoms with Crippen molar-refractivity contribution < 1.29 is 13.2 Å². The van der Waals surface area contributed by atoms with Crippen LogP contribution in [0.15, 0.2) is 29.2 Å². The van der Waals surface area contributed by atoms with E-state index in [1.807, 2.05) is 6.92 Å². The fourth-order valence-corrected chi connectivity index (χ4v) is 4.41. The van der Waals surface area contributed by atoms with Gasteiger partial charge >= 0.3 is 0 Å². The van der Waals surface area contributed by atoms with Crippen molar-refractivity contribution >= 4 is 10.0 Å². The summed E-state index contributed by atoms with van der Waals surface area (Å²) in [5, 5.41) is 0. The van der Waals surface area contributed by atoms with Crippen LogP contribution in [-0.2, 0) is 10.0 Å². The van der Waals surface area contributed by atoms with Crippen LogP contribution < -0.4 is 10.5 Å². The van der Waals surface area contributed by atoms with Crippen molar-refractivity contribution in [3.63, 3.8) is 0 Å². The number of nitrogens with zero attached hydrogens (tertiary/aromatic N) is 1. The van der Waals surface area contributed by atoms with Gasteiger partial charge in [-0.05, 0) is 44.0 Å². The standard InChI is InChI=1S/C14H22N2O3S/c1-11(15)14-5-3-4-10-16(14)20(17,18)13-8-6-12(19-2)7-9-13/h6-9,11,14H,3-5,10,15H2,1-2H3/t11-,14+/m1/s1. The number of hydrogen-bond donors (Lipinski definition) is 1. The maximum absolute atomic E-state index is 12.7. The molecule has 2 atom stereocenters. The molecule has 2 rings (SSSR count). The number of sulfonamides is 1. The van der Waals surface area contributed by atoms with Crippen molar-refractivity contribution in [2.75, 3.05) is 13.7 Å². The zero-order chi connectivity index (χ0) is 14.8. The first-order valence-electron chi connectivity index (χ1n) is 6.88. The number of ether oxygens (including phenoxy) is 1. The number of rotatable bonds is 4. The molecule has 1 saturated heterocycles. The number of benzene rings is 1. The molecule has 6 heteroatoms. The van der Waals surface area contributed by atoms with Crippen LogP contribution in [0.3, 0.4) is 0 Å². The summed E-state index contributed by atoms with van der Waals surface area (Å²) in [5.74, 6) is 0.645. The fourth-order valence-electron chi connectivity index (χ4n) is 2.64. The second kappa shape index (κ2) is 6.11. The van der Waals surface area contributed by atoms with Crippen molar-refractivity contribution in [1.82, 2.24) is 4.31 Å². The van der Waals surface area contributed by atoms with Gasteiger partial charge in [-0.1, -0.05) is 6.42 Å². The van der Waals surface area contributed by atoms with Gasteiger partial charge in [0.25, 0.3) is 0 Å². The summed E-state index contributed by atoms with van der Waals surface area (Å²) < 4.78 is 32.1. The van der Waals surface area contributed by atoms with Crippen LogP contribution in [0, 0.1) is 0 Å². The third kappa shape index (κ3) is 2.97. The first kappa shape index (κ1) is 15.3. The van der Waals surface area contributed by atoms with E-state index in [0.29, 0.717) is 17.2 Å². The molecule has 1 aliphatic heterocycles. The molecule has 0 amide bonds. The minimum Gasteiger partial charge on any atom is -0.497 e. The number of piperidine rings is 1. The van der Waals surface area contributed by atoms with Crippen molar-refractivity contribution in [3.05, 3.63) is 24.3 Å². The Labute approximate surface area is 120 Å². The topological polar surface area (TPSA) is 72.6 Å². The smallest absolute Gasteiger partial charge is 0.243 e. The van der Waals surface area contributed by atoms with Crippen LogP contribution in [0.4, 0.5) is 0 Å². The Hall–Kier alpha value is -1.11. The molecule has 0 spiro atoms. The highest BCUT2D eigenvalue weighted by molar-refractivity contribution is 7.89. The van der Waals surface area contributed by atoms with Gasteiger partial charge in [0, 0.05) is 18.6 Å². The Bertz CT molecular complexity index is 540. The van der Waals surface area contributed by atoms with E-state index < -0.39 is 10.0 Å². The molecule has 1 aromatic carbocycles. The molecule has 0 aliphatic carbocycles. The molecule has 0 radical (unpaired) electrons. The average Bonchev–Trinajstić information content (AvgIpc) is 2.47. The predicted octanol–water partition coefficient (Wildman–Crippen LogP) is 1.59.